The van der Waals surface area contributed by atoms with E-state index in [1.54, 1.807) is 0 Å². The van der Waals surface area contributed by atoms with Crippen LogP contribution in [-0.2, 0) is 4.74 Å². The molecule has 2 fully saturated rings. The minimum atomic E-state index is -0.887. The molecular weight excluding hydrogens is 220 g/mol. The van der Waals surface area contributed by atoms with Crippen molar-refractivity contribution in [2.24, 2.45) is 5.92 Å². The summed E-state index contributed by atoms with van der Waals surface area (Å²) >= 11 is 0. The number of carbonyl (C=O) groups is 1. The van der Waals surface area contributed by atoms with Crippen LogP contribution in [0.15, 0.2) is 0 Å². The van der Waals surface area contributed by atoms with Gasteiger partial charge < -0.3 is 15.2 Å². The Morgan fingerprint density at radius 3 is 2.47 bits per heavy atom. The molecule has 1 amide bonds. The summed E-state index contributed by atoms with van der Waals surface area (Å²) in [5.74, 6) is 0.736. The Morgan fingerprint density at radius 2 is 1.88 bits per heavy atom. The fourth-order valence-corrected chi connectivity index (χ4v) is 2.81. The number of hydrogen-bond acceptors (Lipinski definition) is 3. The van der Waals surface area contributed by atoms with Gasteiger partial charge in [-0.2, -0.15) is 0 Å². The van der Waals surface area contributed by atoms with Gasteiger partial charge in [-0.15, -0.1) is 0 Å². The Balaban J connectivity index is 1.66. The van der Waals surface area contributed by atoms with Gasteiger partial charge >= 0.3 is 6.09 Å². The Hall–Kier alpha value is -0.810. The van der Waals surface area contributed by atoms with E-state index in [1.807, 2.05) is 0 Å². The van der Waals surface area contributed by atoms with E-state index in [0.29, 0.717) is 0 Å². The molecule has 1 aliphatic carbocycles. The van der Waals surface area contributed by atoms with E-state index in [0.717, 1.165) is 64.4 Å². The highest BCUT2D eigenvalue weighted by atomic mass is 16.5. The van der Waals surface area contributed by atoms with Crippen LogP contribution in [0.3, 0.4) is 0 Å². The SMILES string of the molecule is O=C(O)NC1CCC(CN2CCOCC2)CC1. The first-order chi connectivity index (χ1) is 8.24. The van der Waals surface area contributed by atoms with E-state index in [2.05, 4.69) is 10.2 Å². The van der Waals surface area contributed by atoms with Gasteiger partial charge in [0.25, 0.3) is 0 Å². The van der Waals surface area contributed by atoms with Gasteiger partial charge in [0.15, 0.2) is 0 Å². The summed E-state index contributed by atoms with van der Waals surface area (Å²) in [6, 6.07) is 0.174. The molecule has 1 saturated heterocycles. The van der Waals surface area contributed by atoms with Crippen molar-refractivity contribution >= 4 is 6.09 Å². The van der Waals surface area contributed by atoms with Gasteiger partial charge in [0.2, 0.25) is 0 Å². The number of carboxylic acid groups (broad SMARTS) is 1. The Labute approximate surface area is 102 Å². The van der Waals surface area contributed by atoms with Crippen LogP contribution >= 0.6 is 0 Å². The number of nitrogens with one attached hydrogen (secondary N) is 1. The lowest BCUT2D eigenvalue weighted by molar-refractivity contribution is 0.0270. The molecule has 0 aromatic rings. The summed E-state index contributed by atoms with van der Waals surface area (Å²) in [7, 11) is 0. The van der Waals surface area contributed by atoms with Crippen LogP contribution in [0.5, 0.6) is 0 Å². The van der Waals surface area contributed by atoms with E-state index < -0.39 is 6.09 Å². The predicted octanol–water partition coefficient (Wildman–Crippen LogP) is 1.14. The second-order valence-corrected chi connectivity index (χ2v) is 5.08. The smallest absolute Gasteiger partial charge is 0.404 e. The van der Waals surface area contributed by atoms with E-state index in [9.17, 15) is 4.79 Å². The molecule has 2 N–H and O–H groups in total. The summed E-state index contributed by atoms with van der Waals surface area (Å²) in [4.78, 5) is 13.0. The molecule has 0 unspecified atom stereocenters. The van der Waals surface area contributed by atoms with Crippen molar-refractivity contribution in [1.29, 1.82) is 0 Å². The lowest BCUT2D eigenvalue weighted by Gasteiger charge is -2.34. The highest BCUT2D eigenvalue weighted by molar-refractivity contribution is 5.64. The standard InChI is InChI=1S/C12H22N2O3/c15-12(16)13-11-3-1-10(2-4-11)9-14-5-7-17-8-6-14/h10-11,13H,1-9H2,(H,15,16). The lowest BCUT2D eigenvalue weighted by atomic mass is 9.85. The zero-order valence-electron chi connectivity index (χ0n) is 10.2. The first-order valence-electron chi connectivity index (χ1n) is 6.53. The molecule has 0 aromatic carbocycles. The Bertz CT molecular complexity index is 246. The average molecular weight is 242 g/mol. The summed E-state index contributed by atoms with van der Waals surface area (Å²) in [5, 5.41) is 11.2. The van der Waals surface area contributed by atoms with E-state index in [1.165, 1.54) is 0 Å². The maximum absolute atomic E-state index is 10.5. The average Bonchev–Trinajstić information content (AvgIpc) is 2.32. The molecule has 98 valence electrons. The number of hydrogen-bond donors (Lipinski definition) is 2. The molecule has 1 heterocycles. The quantitative estimate of drug-likeness (QED) is 0.779. The van der Waals surface area contributed by atoms with Crippen LogP contribution in [0, 0.1) is 5.92 Å². The number of nitrogens with zero attached hydrogens (tertiary/aromatic N) is 1. The fraction of sp³-hybridized carbons (Fsp3) is 0.917. The van der Waals surface area contributed by atoms with Crippen LogP contribution in [0.2, 0.25) is 0 Å². The minimum Gasteiger partial charge on any atom is -0.465 e. The topological polar surface area (TPSA) is 61.8 Å². The van der Waals surface area contributed by atoms with Gasteiger partial charge in [0.05, 0.1) is 13.2 Å². The van der Waals surface area contributed by atoms with Gasteiger partial charge in [0.1, 0.15) is 0 Å². The predicted molar refractivity (Wildman–Crippen MR) is 64.2 cm³/mol. The fourth-order valence-electron chi connectivity index (χ4n) is 2.81. The van der Waals surface area contributed by atoms with Crippen molar-refractivity contribution in [3.05, 3.63) is 0 Å². The van der Waals surface area contributed by atoms with Gasteiger partial charge in [-0.1, -0.05) is 0 Å². The summed E-state index contributed by atoms with van der Waals surface area (Å²) in [6.45, 7) is 4.97. The van der Waals surface area contributed by atoms with Gasteiger partial charge in [-0.05, 0) is 31.6 Å². The third-order valence-corrected chi connectivity index (χ3v) is 3.79. The second-order valence-electron chi connectivity index (χ2n) is 5.08. The molecule has 2 aliphatic rings. The number of ether oxygens (including phenoxy) is 1. The van der Waals surface area contributed by atoms with Crippen molar-refractivity contribution in [1.82, 2.24) is 10.2 Å². The second kappa shape index (κ2) is 6.21. The monoisotopic (exact) mass is 242 g/mol. The van der Waals surface area contributed by atoms with E-state index in [4.69, 9.17) is 9.84 Å². The van der Waals surface area contributed by atoms with Crippen LogP contribution < -0.4 is 5.32 Å². The highest BCUT2D eigenvalue weighted by Crippen LogP contribution is 2.25. The number of amides is 1. The summed E-state index contributed by atoms with van der Waals surface area (Å²) in [6.07, 6.45) is 3.37. The van der Waals surface area contributed by atoms with Crippen LogP contribution in [0.4, 0.5) is 4.79 Å². The molecule has 0 bridgehead atoms. The van der Waals surface area contributed by atoms with Gasteiger partial charge in [-0.3, -0.25) is 4.90 Å². The molecule has 5 heteroatoms. The molecule has 1 saturated carbocycles. The summed E-state index contributed by atoms with van der Waals surface area (Å²) in [5.41, 5.74) is 0. The lowest BCUT2D eigenvalue weighted by Crippen LogP contribution is -2.42. The van der Waals surface area contributed by atoms with Crippen LogP contribution in [-0.4, -0.2) is 55.0 Å². The molecular formula is C12H22N2O3. The third-order valence-electron chi connectivity index (χ3n) is 3.79. The van der Waals surface area contributed by atoms with Gasteiger partial charge in [0, 0.05) is 25.7 Å². The first-order valence-corrected chi connectivity index (χ1v) is 6.53. The zero-order valence-corrected chi connectivity index (χ0v) is 10.2. The molecule has 1 aliphatic heterocycles. The van der Waals surface area contributed by atoms with Crippen molar-refractivity contribution in [2.75, 3.05) is 32.8 Å². The zero-order chi connectivity index (χ0) is 12.1. The molecule has 5 nitrogen and oxygen atoms in total. The first kappa shape index (κ1) is 12.6. The maximum atomic E-state index is 10.5. The van der Waals surface area contributed by atoms with Crippen molar-refractivity contribution < 1.29 is 14.6 Å². The van der Waals surface area contributed by atoms with Crippen LogP contribution in [0.25, 0.3) is 0 Å². The number of rotatable bonds is 3. The Morgan fingerprint density at radius 1 is 1.24 bits per heavy atom. The maximum Gasteiger partial charge on any atom is 0.404 e. The third kappa shape index (κ3) is 4.16. The van der Waals surface area contributed by atoms with E-state index >= 15 is 0 Å². The summed E-state index contributed by atoms with van der Waals surface area (Å²) < 4.78 is 5.33. The van der Waals surface area contributed by atoms with Crippen molar-refractivity contribution in [3.63, 3.8) is 0 Å². The van der Waals surface area contributed by atoms with E-state index in [-0.39, 0.29) is 6.04 Å². The van der Waals surface area contributed by atoms with Crippen LogP contribution in [0.1, 0.15) is 25.7 Å². The molecule has 0 atom stereocenters. The molecule has 0 radical (unpaired) electrons. The molecule has 17 heavy (non-hydrogen) atoms. The van der Waals surface area contributed by atoms with Gasteiger partial charge in [-0.25, -0.2) is 4.79 Å². The normalized spacial score (nSPS) is 31.1. The van der Waals surface area contributed by atoms with Crippen molar-refractivity contribution in [2.45, 2.75) is 31.7 Å². The molecule has 2 rings (SSSR count). The largest absolute Gasteiger partial charge is 0.465 e. The highest BCUT2D eigenvalue weighted by Gasteiger charge is 2.24. The van der Waals surface area contributed by atoms with Crippen molar-refractivity contribution in [3.8, 4) is 0 Å². The number of morpholine rings is 1. The molecule has 0 aromatic heterocycles. The Kier molecular flexibility index (Phi) is 4.62. The molecule has 0 spiro atoms. The minimum absolute atomic E-state index is 0.174.